The highest BCUT2D eigenvalue weighted by Crippen LogP contribution is 2.19. The third-order valence-corrected chi connectivity index (χ3v) is 3.09. The molecule has 0 amide bonds. The number of H-pyrrole nitrogens is 1. The van der Waals surface area contributed by atoms with Crippen LogP contribution in [-0.4, -0.2) is 9.97 Å². The zero-order chi connectivity index (χ0) is 13.4. The molecule has 3 rings (SSSR count). The summed E-state index contributed by atoms with van der Waals surface area (Å²) in [6, 6.07) is 9.30. The lowest BCUT2D eigenvalue weighted by atomic mass is 10.1. The molecule has 0 aliphatic carbocycles. The Bertz CT molecular complexity index is 806. The van der Waals surface area contributed by atoms with E-state index in [-0.39, 0.29) is 11.2 Å². The molecule has 0 aliphatic heterocycles. The topological polar surface area (TPSA) is 45.8 Å². The average Bonchev–Trinajstić information content (AvgIpc) is 2.39. The summed E-state index contributed by atoms with van der Waals surface area (Å²) in [6.07, 6.45) is 1.65. The zero-order valence-electron chi connectivity index (χ0n) is 10.3. The molecule has 0 saturated carbocycles. The minimum absolute atomic E-state index is 0.0846. The molecule has 3 aromatic rings. The number of benzene rings is 1. The van der Waals surface area contributed by atoms with Crippen molar-refractivity contribution in [1.29, 1.82) is 0 Å². The zero-order valence-corrected chi connectivity index (χ0v) is 10.3. The number of nitrogens with one attached hydrogen (secondary N) is 1. The van der Waals surface area contributed by atoms with Crippen molar-refractivity contribution in [2.45, 2.75) is 6.92 Å². The van der Waals surface area contributed by atoms with Crippen molar-refractivity contribution in [1.82, 2.24) is 9.97 Å². The van der Waals surface area contributed by atoms with E-state index in [0.29, 0.717) is 16.7 Å². The maximum absolute atomic E-state index is 12.9. The quantitative estimate of drug-likeness (QED) is 0.725. The molecule has 0 atom stereocenters. The third-order valence-electron chi connectivity index (χ3n) is 3.09. The Morgan fingerprint density at radius 1 is 1.16 bits per heavy atom. The van der Waals surface area contributed by atoms with Gasteiger partial charge in [-0.3, -0.25) is 4.79 Å². The van der Waals surface area contributed by atoms with Gasteiger partial charge in [0.25, 0.3) is 0 Å². The Balaban J connectivity index is 2.27. The van der Waals surface area contributed by atoms with E-state index in [0.717, 1.165) is 11.1 Å². The summed E-state index contributed by atoms with van der Waals surface area (Å²) in [7, 11) is 0. The van der Waals surface area contributed by atoms with Crippen molar-refractivity contribution < 1.29 is 4.39 Å². The van der Waals surface area contributed by atoms with Crippen molar-refractivity contribution in [3.8, 4) is 11.3 Å². The molecule has 3 nitrogen and oxygen atoms in total. The molecular formula is C15H11FN2O. The first-order valence-corrected chi connectivity index (χ1v) is 5.90. The predicted molar refractivity (Wildman–Crippen MR) is 72.5 cm³/mol. The Kier molecular flexibility index (Phi) is 2.63. The van der Waals surface area contributed by atoms with Gasteiger partial charge in [-0.2, -0.15) is 0 Å². The summed E-state index contributed by atoms with van der Waals surface area (Å²) in [4.78, 5) is 19.4. The van der Waals surface area contributed by atoms with Gasteiger partial charge >= 0.3 is 0 Å². The fraction of sp³-hybridized carbons (Fsp3) is 0.0667. The summed E-state index contributed by atoms with van der Waals surface area (Å²) in [6.45, 7) is 1.87. The number of aromatic amines is 1. The second kappa shape index (κ2) is 4.31. The minimum atomic E-state index is -0.305. The van der Waals surface area contributed by atoms with Crippen molar-refractivity contribution in [2.75, 3.05) is 0 Å². The molecule has 19 heavy (non-hydrogen) atoms. The number of hydrogen-bond acceptors (Lipinski definition) is 2. The third kappa shape index (κ3) is 2.01. The van der Waals surface area contributed by atoms with Crippen LogP contribution in [0.15, 0.2) is 47.4 Å². The van der Waals surface area contributed by atoms with E-state index >= 15 is 0 Å². The maximum atomic E-state index is 12.9. The van der Waals surface area contributed by atoms with Crippen molar-refractivity contribution >= 4 is 11.0 Å². The van der Waals surface area contributed by atoms with E-state index in [1.165, 1.54) is 18.2 Å². The van der Waals surface area contributed by atoms with Gasteiger partial charge in [-0.1, -0.05) is 0 Å². The van der Waals surface area contributed by atoms with Gasteiger partial charge in [-0.25, -0.2) is 9.37 Å². The van der Waals surface area contributed by atoms with Gasteiger partial charge in [0.2, 0.25) is 0 Å². The van der Waals surface area contributed by atoms with E-state index in [4.69, 9.17) is 0 Å². The van der Waals surface area contributed by atoms with Crippen LogP contribution in [0.25, 0.3) is 22.3 Å². The van der Waals surface area contributed by atoms with Crippen LogP contribution >= 0.6 is 0 Å². The van der Waals surface area contributed by atoms with Crippen molar-refractivity contribution in [2.24, 2.45) is 0 Å². The Morgan fingerprint density at radius 2 is 1.89 bits per heavy atom. The molecule has 2 aromatic heterocycles. The molecular weight excluding hydrogens is 243 g/mol. The van der Waals surface area contributed by atoms with Gasteiger partial charge in [0.05, 0.1) is 11.1 Å². The number of rotatable bonds is 1. The van der Waals surface area contributed by atoms with Gasteiger partial charge in [0.1, 0.15) is 11.5 Å². The predicted octanol–water partition coefficient (Wildman–Crippen LogP) is 3.04. The largest absolute Gasteiger partial charge is 0.339 e. The molecule has 1 aromatic carbocycles. The highest BCUT2D eigenvalue weighted by Gasteiger charge is 2.07. The molecule has 0 fully saturated rings. The van der Waals surface area contributed by atoms with E-state index in [9.17, 15) is 9.18 Å². The Labute approximate surface area is 108 Å². The highest BCUT2D eigenvalue weighted by molar-refractivity contribution is 5.80. The van der Waals surface area contributed by atoms with Crippen molar-refractivity contribution in [3.05, 3.63) is 64.2 Å². The standard InChI is InChI=1S/C15H11FN2O/c1-9-6-7-17-15-14(9)13(19)8-12(18-15)10-2-4-11(16)5-3-10/h2-8H,1H3,(H,17,18,19). The first-order valence-electron chi connectivity index (χ1n) is 5.90. The fourth-order valence-corrected chi connectivity index (χ4v) is 2.12. The fourth-order valence-electron chi connectivity index (χ4n) is 2.12. The summed E-state index contributed by atoms with van der Waals surface area (Å²) >= 11 is 0. The summed E-state index contributed by atoms with van der Waals surface area (Å²) in [5.41, 5.74) is 2.74. The van der Waals surface area contributed by atoms with Gasteiger partial charge in [-0.05, 0) is 48.4 Å². The van der Waals surface area contributed by atoms with E-state index in [1.54, 1.807) is 24.4 Å². The van der Waals surface area contributed by atoms with Crippen LogP contribution < -0.4 is 5.43 Å². The molecule has 4 heteroatoms. The monoisotopic (exact) mass is 254 g/mol. The first kappa shape index (κ1) is 11.6. The number of pyridine rings is 2. The lowest BCUT2D eigenvalue weighted by molar-refractivity contribution is 0.628. The van der Waals surface area contributed by atoms with Crippen LogP contribution in [0.3, 0.4) is 0 Å². The van der Waals surface area contributed by atoms with Crippen LogP contribution in [0.2, 0.25) is 0 Å². The van der Waals surface area contributed by atoms with Crippen molar-refractivity contribution in [3.63, 3.8) is 0 Å². The SMILES string of the molecule is Cc1ccnc2[nH]c(-c3ccc(F)cc3)cc(=O)c12. The van der Waals surface area contributed by atoms with Crippen LogP contribution in [0.1, 0.15) is 5.56 Å². The molecule has 2 heterocycles. The molecule has 0 bridgehead atoms. The van der Waals surface area contributed by atoms with Gasteiger partial charge in [0.15, 0.2) is 5.43 Å². The normalized spacial score (nSPS) is 10.8. The lowest BCUT2D eigenvalue weighted by Crippen LogP contribution is -2.05. The first-order chi connectivity index (χ1) is 9.15. The van der Waals surface area contributed by atoms with E-state index in [1.807, 2.05) is 6.92 Å². The minimum Gasteiger partial charge on any atom is -0.339 e. The number of hydrogen-bond donors (Lipinski definition) is 1. The molecule has 1 N–H and O–H groups in total. The molecule has 0 spiro atoms. The van der Waals surface area contributed by atoms with E-state index in [2.05, 4.69) is 9.97 Å². The van der Waals surface area contributed by atoms with Crippen LogP contribution in [-0.2, 0) is 0 Å². The van der Waals surface area contributed by atoms with Crippen LogP contribution in [0.5, 0.6) is 0 Å². The number of nitrogens with zero attached hydrogens (tertiary/aromatic N) is 1. The lowest BCUT2D eigenvalue weighted by Gasteiger charge is -2.05. The average molecular weight is 254 g/mol. The Hall–Kier alpha value is -2.49. The Morgan fingerprint density at radius 3 is 2.63 bits per heavy atom. The summed E-state index contributed by atoms with van der Waals surface area (Å²) < 4.78 is 12.9. The van der Waals surface area contributed by atoms with Crippen LogP contribution in [0, 0.1) is 12.7 Å². The molecule has 0 unspecified atom stereocenters. The van der Waals surface area contributed by atoms with Gasteiger partial charge in [-0.15, -0.1) is 0 Å². The second-order valence-corrected chi connectivity index (χ2v) is 4.41. The molecule has 94 valence electrons. The molecule has 0 radical (unpaired) electrons. The second-order valence-electron chi connectivity index (χ2n) is 4.41. The maximum Gasteiger partial charge on any atom is 0.191 e. The number of aromatic nitrogens is 2. The molecule has 0 aliphatic rings. The van der Waals surface area contributed by atoms with Gasteiger partial charge < -0.3 is 4.98 Å². The number of fused-ring (bicyclic) bond motifs is 1. The number of aryl methyl sites for hydroxylation is 1. The van der Waals surface area contributed by atoms with E-state index < -0.39 is 0 Å². The molecule has 0 saturated heterocycles. The number of halogens is 1. The summed E-state index contributed by atoms with van der Waals surface area (Å²) in [5.74, 6) is -0.305. The smallest absolute Gasteiger partial charge is 0.191 e. The summed E-state index contributed by atoms with van der Waals surface area (Å²) in [5, 5.41) is 0.591. The van der Waals surface area contributed by atoms with Gasteiger partial charge in [0, 0.05) is 12.3 Å². The highest BCUT2D eigenvalue weighted by atomic mass is 19.1. The van der Waals surface area contributed by atoms with Crippen LogP contribution in [0.4, 0.5) is 4.39 Å².